The topological polar surface area (TPSA) is 122 Å². The highest BCUT2D eigenvalue weighted by atomic mass is 32.2. The molecule has 158 valence electrons. The highest BCUT2D eigenvalue weighted by molar-refractivity contribution is 7.88. The molecule has 0 aromatic carbocycles. The average molecular weight is 426 g/mol. The largest absolute Gasteiger partial charge is 0.490 e. The van der Waals surface area contributed by atoms with Crippen LogP contribution in [-0.2, 0) is 19.6 Å². The van der Waals surface area contributed by atoms with Crippen molar-refractivity contribution in [2.75, 3.05) is 30.9 Å². The minimum Gasteiger partial charge on any atom is -0.475 e. The van der Waals surface area contributed by atoms with Crippen LogP contribution in [0.25, 0.3) is 0 Å². The van der Waals surface area contributed by atoms with Crippen LogP contribution in [0.4, 0.5) is 19.1 Å². The van der Waals surface area contributed by atoms with Gasteiger partial charge in [-0.05, 0) is 18.9 Å². The lowest BCUT2D eigenvalue weighted by molar-refractivity contribution is -0.192. The van der Waals surface area contributed by atoms with E-state index < -0.39 is 22.2 Å². The molecule has 1 aromatic heterocycles. The van der Waals surface area contributed by atoms with E-state index in [1.807, 2.05) is 4.90 Å². The molecule has 0 aliphatic carbocycles. The Morgan fingerprint density at radius 3 is 2.46 bits per heavy atom. The normalized spacial score (nSPS) is 25.3. The fourth-order valence-corrected chi connectivity index (χ4v) is 3.96. The third-order valence-electron chi connectivity index (χ3n) is 4.21. The number of hydrogen-bond donors (Lipinski definition) is 2. The standard InChI is InChI=1S/C13H20N4O3S.C2HF3O2/c1-21(18,19)16-11-9-17(13-14-5-3-6-15-13)8-10-4-2-7-20-12(10)11;3-2(4,5)1(6)7/h3,5-6,10-12,16H,2,4,7-9H2,1H3;(H,6,7)/t10-,11+,12-;/m0./s1. The molecular weight excluding hydrogens is 405 g/mol. The van der Waals surface area contributed by atoms with Crippen molar-refractivity contribution in [2.45, 2.75) is 31.2 Å². The van der Waals surface area contributed by atoms with E-state index in [0.29, 0.717) is 25.0 Å². The molecule has 0 amide bonds. The molecule has 13 heteroatoms. The Labute approximate surface area is 160 Å². The minimum atomic E-state index is -5.08. The van der Waals surface area contributed by atoms with Gasteiger partial charge in [-0.3, -0.25) is 0 Å². The summed E-state index contributed by atoms with van der Waals surface area (Å²) in [5.74, 6) is -1.81. The van der Waals surface area contributed by atoms with Gasteiger partial charge < -0.3 is 14.7 Å². The van der Waals surface area contributed by atoms with E-state index >= 15 is 0 Å². The maximum Gasteiger partial charge on any atom is 0.490 e. The molecular formula is C15H21F3N4O5S. The first-order valence-electron chi connectivity index (χ1n) is 8.38. The second-order valence-corrected chi connectivity index (χ2v) is 8.27. The number of nitrogens with zero attached hydrogens (tertiary/aromatic N) is 3. The van der Waals surface area contributed by atoms with Crippen LogP contribution < -0.4 is 9.62 Å². The van der Waals surface area contributed by atoms with E-state index in [2.05, 4.69) is 14.7 Å². The van der Waals surface area contributed by atoms with E-state index in [-0.39, 0.29) is 12.1 Å². The number of fused-ring (bicyclic) bond motifs is 1. The number of piperidine rings is 1. The monoisotopic (exact) mass is 426 g/mol. The number of sulfonamides is 1. The Morgan fingerprint density at radius 2 is 1.93 bits per heavy atom. The SMILES string of the molecule is CS(=O)(=O)N[C@@H]1CN(c2ncccn2)C[C@@H]2CCCO[C@@H]21.O=C(O)C(F)(F)F. The summed E-state index contributed by atoms with van der Waals surface area (Å²) in [5.41, 5.74) is 0. The summed E-state index contributed by atoms with van der Waals surface area (Å²) in [6.07, 6.45) is 1.48. The van der Waals surface area contributed by atoms with E-state index in [1.165, 1.54) is 6.26 Å². The molecule has 2 N–H and O–H groups in total. The van der Waals surface area contributed by atoms with Crippen LogP contribution >= 0.6 is 0 Å². The Morgan fingerprint density at radius 1 is 1.32 bits per heavy atom. The number of aromatic nitrogens is 2. The molecule has 9 nitrogen and oxygen atoms in total. The van der Waals surface area contributed by atoms with Crippen molar-refractivity contribution in [1.29, 1.82) is 0 Å². The number of ether oxygens (including phenoxy) is 1. The maximum absolute atomic E-state index is 11.6. The molecule has 2 saturated heterocycles. The van der Waals surface area contributed by atoms with Crippen LogP contribution in [0.15, 0.2) is 18.5 Å². The van der Waals surface area contributed by atoms with Crippen molar-refractivity contribution >= 4 is 21.9 Å². The quantitative estimate of drug-likeness (QED) is 0.722. The summed E-state index contributed by atoms with van der Waals surface area (Å²) in [5, 5.41) is 7.12. The number of hydrogen-bond acceptors (Lipinski definition) is 7. The lowest BCUT2D eigenvalue weighted by Gasteiger charge is -2.45. The maximum atomic E-state index is 11.6. The van der Waals surface area contributed by atoms with Gasteiger partial charge in [-0.25, -0.2) is 27.9 Å². The zero-order valence-corrected chi connectivity index (χ0v) is 15.8. The zero-order valence-electron chi connectivity index (χ0n) is 15.0. The molecule has 2 fully saturated rings. The van der Waals surface area contributed by atoms with Crippen LogP contribution in [0.1, 0.15) is 12.8 Å². The molecule has 0 spiro atoms. The van der Waals surface area contributed by atoms with Crippen LogP contribution in [-0.4, -0.2) is 73.7 Å². The van der Waals surface area contributed by atoms with Crippen molar-refractivity contribution in [2.24, 2.45) is 5.92 Å². The van der Waals surface area contributed by atoms with Crippen LogP contribution in [0.2, 0.25) is 0 Å². The molecule has 0 unspecified atom stereocenters. The lowest BCUT2D eigenvalue weighted by Crippen LogP contribution is -2.61. The Balaban J connectivity index is 0.000000345. The highest BCUT2D eigenvalue weighted by Crippen LogP contribution is 2.30. The third-order valence-corrected chi connectivity index (χ3v) is 4.94. The summed E-state index contributed by atoms with van der Waals surface area (Å²) < 4.78 is 63.5. The van der Waals surface area contributed by atoms with Gasteiger partial charge in [0.25, 0.3) is 0 Å². The Bertz CT molecular complexity index is 763. The zero-order chi connectivity index (χ0) is 20.9. The number of alkyl halides is 3. The van der Waals surface area contributed by atoms with Gasteiger partial charge in [0.2, 0.25) is 16.0 Å². The predicted molar refractivity (Wildman–Crippen MR) is 92.2 cm³/mol. The van der Waals surface area contributed by atoms with E-state index in [9.17, 15) is 21.6 Å². The number of carboxylic acid groups (broad SMARTS) is 1. The second-order valence-electron chi connectivity index (χ2n) is 6.49. The number of carboxylic acids is 1. The molecule has 2 aliphatic heterocycles. The summed E-state index contributed by atoms with van der Waals surface area (Å²) in [6.45, 7) is 2.03. The summed E-state index contributed by atoms with van der Waals surface area (Å²) >= 11 is 0. The molecule has 28 heavy (non-hydrogen) atoms. The first kappa shape index (κ1) is 22.3. The van der Waals surface area contributed by atoms with Crippen molar-refractivity contribution < 1.29 is 36.2 Å². The van der Waals surface area contributed by atoms with Crippen LogP contribution in [0.5, 0.6) is 0 Å². The van der Waals surface area contributed by atoms with Gasteiger partial charge in [-0.2, -0.15) is 13.2 Å². The summed E-state index contributed by atoms with van der Waals surface area (Å²) in [4.78, 5) is 19.5. The Hall–Kier alpha value is -1.99. The van der Waals surface area contributed by atoms with Crippen molar-refractivity contribution in [3.05, 3.63) is 18.5 Å². The number of nitrogens with one attached hydrogen (secondary N) is 1. The van der Waals surface area contributed by atoms with Gasteiger partial charge in [-0.1, -0.05) is 0 Å². The molecule has 3 rings (SSSR count). The van der Waals surface area contributed by atoms with Crippen molar-refractivity contribution in [3.63, 3.8) is 0 Å². The van der Waals surface area contributed by atoms with E-state index in [0.717, 1.165) is 19.4 Å². The second kappa shape index (κ2) is 9.01. The fourth-order valence-electron chi connectivity index (χ4n) is 3.20. The lowest BCUT2D eigenvalue weighted by atomic mass is 9.86. The number of halogens is 3. The van der Waals surface area contributed by atoms with Gasteiger partial charge in [0.15, 0.2) is 0 Å². The van der Waals surface area contributed by atoms with E-state index in [1.54, 1.807) is 18.5 Å². The summed E-state index contributed by atoms with van der Waals surface area (Å²) in [6, 6.07) is 1.51. The fraction of sp³-hybridized carbons (Fsp3) is 0.667. The van der Waals surface area contributed by atoms with Gasteiger partial charge in [0.1, 0.15) is 0 Å². The molecule has 2 aliphatic rings. The predicted octanol–water partition coefficient (Wildman–Crippen LogP) is 0.643. The highest BCUT2D eigenvalue weighted by Gasteiger charge is 2.41. The molecule has 0 bridgehead atoms. The van der Waals surface area contributed by atoms with Gasteiger partial charge >= 0.3 is 12.1 Å². The third kappa shape index (κ3) is 6.56. The molecule has 3 heterocycles. The van der Waals surface area contributed by atoms with Gasteiger partial charge in [0, 0.05) is 38.0 Å². The summed E-state index contributed by atoms with van der Waals surface area (Å²) in [7, 11) is -3.28. The van der Waals surface area contributed by atoms with Crippen LogP contribution in [0, 0.1) is 5.92 Å². The van der Waals surface area contributed by atoms with Gasteiger partial charge in [-0.15, -0.1) is 0 Å². The average Bonchev–Trinajstić information content (AvgIpc) is 2.61. The first-order chi connectivity index (χ1) is 13.0. The minimum absolute atomic E-state index is 0.0616. The molecule has 0 radical (unpaired) electrons. The number of aliphatic carboxylic acids is 1. The van der Waals surface area contributed by atoms with Crippen LogP contribution in [0.3, 0.4) is 0 Å². The molecule has 0 saturated carbocycles. The number of carbonyl (C=O) groups is 1. The molecule has 1 aromatic rings. The van der Waals surface area contributed by atoms with Crippen molar-refractivity contribution in [3.8, 4) is 0 Å². The number of anilines is 1. The van der Waals surface area contributed by atoms with E-state index in [4.69, 9.17) is 14.6 Å². The smallest absolute Gasteiger partial charge is 0.475 e. The Kier molecular flexibility index (Phi) is 7.17. The molecule has 3 atom stereocenters. The number of rotatable bonds is 3. The van der Waals surface area contributed by atoms with Gasteiger partial charge in [0.05, 0.1) is 18.4 Å². The van der Waals surface area contributed by atoms with Crippen molar-refractivity contribution in [1.82, 2.24) is 14.7 Å². The first-order valence-corrected chi connectivity index (χ1v) is 10.3.